The molecule has 5 heterocycles. The molecule has 3 saturated heterocycles. The van der Waals surface area contributed by atoms with Crippen molar-refractivity contribution in [2.24, 2.45) is 11.8 Å². The normalized spacial score (nSPS) is 31.0. The average Bonchev–Trinajstić information content (AvgIpc) is 3.58. The fourth-order valence-electron chi connectivity index (χ4n) is 5.94. The zero-order valence-corrected chi connectivity index (χ0v) is 18.7. The van der Waals surface area contributed by atoms with Gasteiger partial charge in [-0.2, -0.15) is 0 Å². The summed E-state index contributed by atoms with van der Waals surface area (Å²) in [7, 11) is 0. The number of amides is 2. The van der Waals surface area contributed by atoms with Crippen molar-refractivity contribution in [3.63, 3.8) is 0 Å². The zero-order valence-electron chi connectivity index (χ0n) is 18.7. The minimum Gasteiger partial charge on any atom is -0.379 e. The third kappa shape index (κ3) is 3.57. The van der Waals surface area contributed by atoms with Crippen molar-refractivity contribution in [2.75, 3.05) is 52.5 Å². The van der Waals surface area contributed by atoms with Crippen LogP contribution in [0.4, 0.5) is 0 Å². The third-order valence-electron chi connectivity index (χ3n) is 7.64. The maximum Gasteiger partial charge on any atom is 0.230 e. The Morgan fingerprint density at radius 1 is 1.21 bits per heavy atom. The summed E-state index contributed by atoms with van der Waals surface area (Å²) >= 11 is 0. The fraction of sp³-hybridized carbons (Fsp3) is 0.520. The van der Waals surface area contributed by atoms with E-state index in [1.807, 2.05) is 35.4 Å². The number of carbonyl (C=O) groups excluding carboxylic acids is 2. The number of fused-ring (bicyclic) bond motifs is 2. The van der Waals surface area contributed by atoms with Gasteiger partial charge < -0.3 is 24.7 Å². The van der Waals surface area contributed by atoms with Crippen molar-refractivity contribution in [1.82, 2.24) is 20.1 Å². The summed E-state index contributed by atoms with van der Waals surface area (Å²) in [6.07, 6.45) is 6.47. The van der Waals surface area contributed by atoms with Gasteiger partial charge in [-0.05, 0) is 18.1 Å². The van der Waals surface area contributed by atoms with Gasteiger partial charge in [0, 0.05) is 49.8 Å². The van der Waals surface area contributed by atoms with E-state index in [-0.39, 0.29) is 17.9 Å². The Morgan fingerprint density at radius 2 is 2.06 bits per heavy atom. The van der Waals surface area contributed by atoms with E-state index in [1.54, 1.807) is 0 Å². The topological polar surface area (TPSA) is 86.9 Å². The molecule has 0 radical (unpaired) electrons. The Balaban J connectivity index is 1.10. The first-order valence-electron chi connectivity index (χ1n) is 11.9. The Hall–Kier alpha value is -2.68. The van der Waals surface area contributed by atoms with Gasteiger partial charge in [0.1, 0.15) is 5.60 Å². The van der Waals surface area contributed by atoms with Crippen molar-refractivity contribution >= 4 is 22.7 Å². The molecular weight excluding hydrogens is 420 g/mol. The summed E-state index contributed by atoms with van der Waals surface area (Å²) in [6, 6.07) is 8.21. The number of benzene rings is 1. The summed E-state index contributed by atoms with van der Waals surface area (Å²) in [5.74, 6) is -0.921. The van der Waals surface area contributed by atoms with Gasteiger partial charge in [0.2, 0.25) is 11.8 Å². The molecule has 8 heteroatoms. The van der Waals surface area contributed by atoms with Gasteiger partial charge in [-0.15, -0.1) is 0 Å². The Labute approximate surface area is 192 Å². The van der Waals surface area contributed by atoms with Crippen LogP contribution in [0.25, 0.3) is 10.9 Å². The molecule has 0 unspecified atom stereocenters. The average molecular weight is 451 g/mol. The number of carbonyl (C=O) groups is 2. The SMILES string of the molecule is O=C(NCCN1CCOCC1)[C@@H]1[C@@H]2C=C[C@]3(CN(CCc4c[nH]c5ccccc45)C(=O)[C@@H]13)O2. The van der Waals surface area contributed by atoms with Gasteiger partial charge in [-0.25, -0.2) is 0 Å². The van der Waals surface area contributed by atoms with Crippen LogP contribution in [0, 0.1) is 11.8 Å². The highest BCUT2D eigenvalue weighted by Gasteiger charge is 2.66. The first kappa shape index (κ1) is 20.9. The van der Waals surface area contributed by atoms with E-state index in [9.17, 15) is 9.59 Å². The molecule has 1 aromatic heterocycles. The molecule has 0 saturated carbocycles. The Bertz CT molecular complexity index is 1090. The standard InChI is InChI=1S/C25H30N4O4/c30-23(26-8-10-28-11-13-32-14-12-28)21-20-5-7-25(33-20)16-29(24(31)22(21)25)9-6-17-15-27-19-4-2-1-3-18(17)19/h1-5,7,15,20-22,27H,6,8-14,16H2,(H,26,30)/t20-,21+,22+,25+/m0/s1. The van der Waals surface area contributed by atoms with Gasteiger partial charge in [-0.1, -0.05) is 30.4 Å². The number of likely N-dealkylation sites (tertiary alicyclic amines) is 1. The molecular formula is C25H30N4O4. The highest BCUT2D eigenvalue weighted by atomic mass is 16.5. The van der Waals surface area contributed by atoms with Gasteiger partial charge in [0.15, 0.2) is 0 Å². The lowest BCUT2D eigenvalue weighted by molar-refractivity contribution is -0.137. The predicted molar refractivity (Wildman–Crippen MR) is 123 cm³/mol. The molecule has 6 rings (SSSR count). The van der Waals surface area contributed by atoms with Crippen molar-refractivity contribution in [1.29, 1.82) is 0 Å². The molecule has 8 nitrogen and oxygen atoms in total. The maximum absolute atomic E-state index is 13.4. The monoisotopic (exact) mass is 450 g/mol. The molecule has 1 aromatic carbocycles. The minimum absolute atomic E-state index is 0.0371. The molecule has 4 atom stereocenters. The summed E-state index contributed by atoms with van der Waals surface area (Å²) < 4.78 is 11.6. The predicted octanol–water partition coefficient (Wildman–Crippen LogP) is 0.941. The van der Waals surface area contributed by atoms with Gasteiger partial charge in [0.05, 0.1) is 37.7 Å². The Kier molecular flexibility index (Phi) is 5.24. The second-order valence-electron chi connectivity index (χ2n) is 9.51. The molecule has 0 aliphatic carbocycles. The lowest BCUT2D eigenvalue weighted by Gasteiger charge is -2.27. The molecule has 1 spiro atoms. The third-order valence-corrected chi connectivity index (χ3v) is 7.64. The van der Waals surface area contributed by atoms with E-state index in [1.165, 1.54) is 10.9 Å². The number of para-hydroxylation sites is 1. The lowest BCUT2D eigenvalue weighted by Crippen LogP contribution is -2.47. The van der Waals surface area contributed by atoms with Crippen LogP contribution >= 0.6 is 0 Å². The number of H-pyrrole nitrogens is 1. The largest absolute Gasteiger partial charge is 0.379 e. The number of aromatic nitrogens is 1. The molecule has 4 aliphatic heterocycles. The number of hydrogen-bond acceptors (Lipinski definition) is 5. The molecule has 174 valence electrons. The number of hydrogen-bond donors (Lipinski definition) is 2. The molecule has 2 aromatic rings. The van der Waals surface area contributed by atoms with E-state index in [4.69, 9.17) is 9.47 Å². The van der Waals surface area contributed by atoms with Crippen LogP contribution in [-0.2, 0) is 25.5 Å². The number of aromatic amines is 1. The van der Waals surface area contributed by atoms with E-state index in [2.05, 4.69) is 27.3 Å². The van der Waals surface area contributed by atoms with Crippen molar-refractivity contribution in [3.05, 3.63) is 48.2 Å². The highest BCUT2D eigenvalue weighted by Crippen LogP contribution is 2.51. The second kappa shape index (κ2) is 8.27. The van der Waals surface area contributed by atoms with E-state index in [0.717, 1.165) is 44.8 Å². The van der Waals surface area contributed by atoms with Crippen molar-refractivity contribution in [3.8, 4) is 0 Å². The van der Waals surface area contributed by atoms with Gasteiger partial charge >= 0.3 is 0 Å². The van der Waals surface area contributed by atoms with Gasteiger partial charge in [-0.3, -0.25) is 14.5 Å². The summed E-state index contributed by atoms with van der Waals surface area (Å²) in [6.45, 7) is 5.77. The number of nitrogens with one attached hydrogen (secondary N) is 2. The zero-order chi connectivity index (χ0) is 22.4. The summed E-state index contributed by atoms with van der Waals surface area (Å²) in [4.78, 5) is 34.0. The minimum atomic E-state index is -0.659. The molecule has 33 heavy (non-hydrogen) atoms. The molecule has 2 amide bonds. The summed E-state index contributed by atoms with van der Waals surface area (Å²) in [5, 5.41) is 4.26. The lowest BCUT2D eigenvalue weighted by atomic mass is 9.77. The number of morpholine rings is 1. The molecule has 2 bridgehead atoms. The first-order valence-corrected chi connectivity index (χ1v) is 11.9. The van der Waals surface area contributed by atoms with Crippen LogP contribution in [0.2, 0.25) is 0 Å². The second-order valence-corrected chi connectivity index (χ2v) is 9.51. The van der Waals surface area contributed by atoms with Crippen LogP contribution in [0.1, 0.15) is 5.56 Å². The highest BCUT2D eigenvalue weighted by molar-refractivity contribution is 5.93. The van der Waals surface area contributed by atoms with Crippen LogP contribution < -0.4 is 5.32 Å². The van der Waals surface area contributed by atoms with Crippen LogP contribution in [0.3, 0.4) is 0 Å². The van der Waals surface area contributed by atoms with Crippen molar-refractivity contribution in [2.45, 2.75) is 18.1 Å². The molecule has 3 fully saturated rings. The first-order chi connectivity index (χ1) is 16.1. The Morgan fingerprint density at radius 3 is 2.94 bits per heavy atom. The number of ether oxygens (including phenoxy) is 2. The van der Waals surface area contributed by atoms with Crippen LogP contribution in [0.5, 0.6) is 0 Å². The van der Waals surface area contributed by atoms with Crippen LogP contribution in [-0.4, -0.2) is 90.8 Å². The van der Waals surface area contributed by atoms with Crippen LogP contribution in [0.15, 0.2) is 42.6 Å². The number of rotatable bonds is 7. The van der Waals surface area contributed by atoms with Crippen molar-refractivity contribution < 1.29 is 19.1 Å². The molecule has 2 N–H and O–H groups in total. The summed E-state index contributed by atoms with van der Waals surface area (Å²) in [5.41, 5.74) is 1.65. The number of nitrogens with zero attached hydrogens (tertiary/aromatic N) is 2. The van der Waals surface area contributed by atoms with Gasteiger partial charge in [0.25, 0.3) is 0 Å². The molecule has 4 aliphatic rings. The quantitative estimate of drug-likeness (QED) is 0.614. The van der Waals surface area contributed by atoms with E-state index < -0.39 is 17.4 Å². The van der Waals surface area contributed by atoms with E-state index >= 15 is 0 Å². The smallest absolute Gasteiger partial charge is 0.230 e. The van der Waals surface area contributed by atoms with E-state index in [0.29, 0.717) is 19.6 Å². The maximum atomic E-state index is 13.4. The fourth-order valence-corrected chi connectivity index (χ4v) is 5.94.